The monoisotopic (exact) mass is 562 g/mol. The van der Waals surface area contributed by atoms with Crippen molar-refractivity contribution in [2.75, 3.05) is 23.7 Å². The lowest BCUT2D eigenvalue weighted by Crippen LogP contribution is -2.18. The Balaban J connectivity index is 1.14. The molecule has 1 unspecified atom stereocenters. The number of amides is 2. The number of hydrogen-bond acceptors (Lipinski definition) is 6. The number of carbonyl (C=O) groups is 3. The average Bonchev–Trinajstić information content (AvgIpc) is 3.72. The van der Waals surface area contributed by atoms with E-state index >= 15 is 0 Å². The quantitative estimate of drug-likeness (QED) is 0.188. The van der Waals surface area contributed by atoms with Gasteiger partial charge in [0, 0.05) is 35.3 Å². The van der Waals surface area contributed by atoms with E-state index in [4.69, 9.17) is 0 Å². The Morgan fingerprint density at radius 3 is 2.56 bits per heavy atom. The molecule has 8 heteroatoms. The molecule has 41 heavy (non-hydrogen) atoms. The van der Waals surface area contributed by atoms with Crippen LogP contribution in [0.3, 0.4) is 0 Å². The highest BCUT2D eigenvalue weighted by Crippen LogP contribution is 2.33. The molecular formula is C33H30N4O3S. The molecule has 3 heterocycles. The number of nitrogens with one attached hydrogen (secondary N) is 2. The number of aliphatic imine (C=N–C) groups is 1. The zero-order valence-corrected chi connectivity index (χ0v) is 23.5. The van der Waals surface area contributed by atoms with Crippen molar-refractivity contribution >= 4 is 52.2 Å². The number of thiophene rings is 1. The van der Waals surface area contributed by atoms with Gasteiger partial charge in [-0.1, -0.05) is 36.4 Å². The first-order chi connectivity index (χ1) is 19.9. The van der Waals surface area contributed by atoms with Gasteiger partial charge in [-0.2, -0.15) is 0 Å². The topological polar surface area (TPSA) is 90.9 Å². The van der Waals surface area contributed by atoms with Crippen LogP contribution in [0.15, 0.2) is 83.2 Å². The highest BCUT2D eigenvalue weighted by atomic mass is 32.1. The molecule has 2 N–H and O–H groups in total. The van der Waals surface area contributed by atoms with Gasteiger partial charge in [0.15, 0.2) is 5.78 Å². The molecule has 0 saturated carbocycles. The molecule has 1 saturated heterocycles. The summed E-state index contributed by atoms with van der Waals surface area (Å²) in [6.45, 7) is 5.16. The standard InChI is InChI=1S/C33H30N4O3S/c1-21-13-16-41-31(21)33(40)35-26-6-4-5-23(17-26)30(38)24-9-12-27-28(32(39)36-29(27)18-24)19-34-25-10-7-22(8-11-25)20-37-14-2-3-15-37/h4-13,16-19,28H,2-3,14-15,20H2,1H3,(H,35,40)(H,36,39). The minimum atomic E-state index is -0.530. The van der Waals surface area contributed by atoms with E-state index in [9.17, 15) is 14.4 Å². The Morgan fingerprint density at radius 2 is 1.80 bits per heavy atom. The summed E-state index contributed by atoms with van der Waals surface area (Å²) in [5.74, 6) is -1.10. The summed E-state index contributed by atoms with van der Waals surface area (Å²) >= 11 is 1.38. The van der Waals surface area contributed by atoms with E-state index in [0.717, 1.165) is 36.4 Å². The number of likely N-dealkylation sites (tertiary alicyclic amines) is 1. The molecule has 2 amide bonds. The van der Waals surface area contributed by atoms with E-state index in [1.54, 1.807) is 42.6 Å². The van der Waals surface area contributed by atoms with Gasteiger partial charge in [0.2, 0.25) is 5.91 Å². The molecule has 1 atom stereocenters. The van der Waals surface area contributed by atoms with Crippen LogP contribution < -0.4 is 10.6 Å². The second-order valence-corrected chi connectivity index (χ2v) is 11.4. The van der Waals surface area contributed by atoms with Crippen molar-refractivity contribution in [1.29, 1.82) is 0 Å². The predicted molar refractivity (Wildman–Crippen MR) is 164 cm³/mol. The maximum Gasteiger partial charge on any atom is 0.265 e. The third kappa shape index (κ3) is 5.89. The second-order valence-electron chi connectivity index (χ2n) is 10.5. The fourth-order valence-electron chi connectivity index (χ4n) is 5.32. The minimum Gasteiger partial charge on any atom is -0.325 e. The molecule has 1 fully saturated rings. The lowest BCUT2D eigenvalue weighted by Gasteiger charge is -2.14. The van der Waals surface area contributed by atoms with Gasteiger partial charge in [-0.15, -0.1) is 11.3 Å². The molecule has 2 aliphatic heterocycles. The van der Waals surface area contributed by atoms with Crippen LogP contribution in [0.5, 0.6) is 0 Å². The summed E-state index contributed by atoms with van der Waals surface area (Å²) in [5.41, 5.74) is 5.80. The summed E-state index contributed by atoms with van der Waals surface area (Å²) < 4.78 is 0. The van der Waals surface area contributed by atoms with Gasteiger partial charge >= 0.3 is 0 Å². The Hall–Kier alpha value is -4.40. The van der Waals surface area contributed by atoms with Crippen molar-refractivity contribution in [1.82, 2.24) is 4.90 Å². The molecule has 0 bridgehead atoms. The maximum atomic E-state index is 13.3. The van der Waals surface area contributed by atoms with E-state index in [0.29, 0.717) is 27.4 Å². The van der Waals surface area contributed by atoms with Crippen LogP contribution in [-0.2, 0) is 11.3 Å². The number of benzene rings is 3. The molecule has 3 aromatic carbocycles. The summed E-state index contributed by atoms with van der Waals surface area (Å²) in [6, 6.07) is 22.2. The highest BCUT2D eigenvalue weighted by molar-refractivity contribution is 7.12. The first kappa shape index (κ1) is 26.8. The smallest absolute Gasteiger partial charge is 0.265 e. The maximum absolute atomic E-state index is 13.3. The van der Waals surface area contributed by atoms with Gasteiger partial charge in [-0.25, -0.2) is 0 Å². The van der Waals surface area contributed by atoms with Gasteiger partial charge in [0.05, 0.1) is 10.6 Å². The van der Waals surface area contributed by atoms with Crippen molar-refractivity contribution in [2.45, 2.75) is 32.2 Å². The van der Waals surface area contributed by atoms with Crippen LogP contribution in [0.2, 0.25) is 0 Å². The van der Waals surface area contributed by atoms with Crippen molar-refractivity contribution in [3.63, 3.8) is 0 Å². The molecule has 7 nitrogen and oxygen atoms in total. The van der Waals surface area contributed by atoms with Crippen LogP contribution in [0.1, 0.15) is 61.0 Å². The summed E-state index contributed by atoms with van der Waals surface area (Å²) in [6.07, 6.45) is 4.21. The highest BCUT2D eigenvalue weighted by Gasteiger charge is 2.30. The van der Waals surface area contributed by atoms with Gasteiger partial charge in [0.1, 0.15) is 5.92 Å². The number of nitrogens with zero attached hydrogens (tertiary/aromatic N) is 2. The Kier molecular flexibility index (Phi) is 7.59. The van der Waals surface area contributed by atoms with Crippen molar-refractivity contribution in [3.8, 4) is 0 Å². The third-order valence-electron chi connectivity index (χ3n) is 7.56. The van der Waals surface area contributed by atoms with Crippen LogP contribution in [0.25, 0.3) is 0 Å². The molecule has 1 aromatic heterocycles. The summed E-state index contributed by atoms with van der Waals surface area (Å²) in [4.78, 5) is 46.4. The summed E-state index contributed by atoms with van der Waals surface area (Å²) in [7, 11) is 0. The number of fused-ring (bicyclic) bond motifs is 1. The Bertz CT molecular complexity index is 1650. The fourth-order valence-corrected chi connectivity index (χ4v) is 6.14. The van der Waals surface area contributed by atoms with E-state index in [-0.39, 0.29) is 17.6 Å². The van der Waals surface area contributed by atoms with Crippen LogP contribution in [0, 0.1) is 6.92 Å². The molecule has 0 spiro atoms. The van der Waals surface area contributed by atoms with E-state index in [2.05, 4.69) is 32.7 Å². The zero-order chi connectivity index (χ0) is 28.3. The molecule has 0 radical (unpaired) electrons. The van der Waals surface area contributed by atoms with Gasteiger partial charge in [-0.3, -0.25) is 24.3 Å². The van der Waals surface area contributed by atoms with Crippen LogP contribution >= 0.6 is 11.3 Å². The first-order valence-corrected chi connectivity index (χ1v) is 14.6. The second kappa shape index (κ2) is 11.6. The van der Waals surface area contributed by atoms with E-state index < -0.39 is 5.92 Å². The van der Waals surface area contributed by atoms with Crippen molar-refractivity contribution in [3.05, 3.63) is 111 Å². The van der Waals surface area contributed by atoms with Crippen molar-refractivity contribution < 1.29 is 14.4 Å². The van der Waals surface area contributed by atoms with Gasteiger partial charge in [0.25, 0.3) is 5.91 Å². The van der Waals surface area contributed by atoms with E-state index in [1.807, 2.05) is 36.6 Å². The number of hydrogen-bond donors (Lipinski definition) is 2. The predicted octanol–water partition coefficient (Wildman–Crippen LogP) is 6.57. The first-order valence-electron chi connectivity index (χ1n) is 13.7. The number of carbonyl (C=O) groups excluding carboxylic acids is 3. The molecule has 6 rings (SSSR count). The molecule has 206 valence electrons. The lowest BCUT2D eigenvalue weighted by molar-refractivity contribution is -0.115. The lowest BCUT2D eigenvalue weighted by atomic mass is 9.97. The number of aryl methyl sites for hydroxylation is 1. The largest absolute Gasteiger partial charge is 0.325 e. The Labute approximate surface area is 242 Å². The number of ketones is 1. The number of rotatable bonds is 8. The number of anilines is 2. The van der Waals surface area contributed by atoms with Crippen LogP contribution in [0.4, 0.5) is 17.1 Å². The average molecular weight is 563 g/mol. The van der Waals surface area contributed by atoms with E-state index in [1.165, 1.54) is 29.7 Å². The van der Waals surface area contributed by atoms with Gasteiger partial charge < -0.3 is 10.6 Å². The van der Waals surface area contributed by atoms with Gasteiger partial charge in [-0.05, 0) is 91.3 Å². The summed E-state index contributed by atoms with van der Waals surface area (Å²) in [5, 5.41) is 7.65. The third-order valence-corrected chi connectivity index (χ3v) is 8.57. The molecular weight excluding hydrogens is 532 g/mol. The Morgan fingerprint density at radius 1 is 1.02 bits per heavy atom. The molecule has 4 aromatic rings. The normalized spacial score (nSPS) is 16.6. The molecule has 2 aliphatic rings. The van der Waals surface area contributed by atoms with Crippen LogP contribution in [-0.4, -0.2) is 41.8 Å². The minimum absolute atomic E-state index is 0.174. The molecule has 0 aliphatic carbocycles. The zero-order valence-electron chi connectivity index (χ0n) is 22.7. The fraction of sp³-hybridized carbons (Fsp3) is 0.212. The SMILES string of the molecule is Cc1ccsc1C(=O)Nc1cccc(C(=O)c2ccc3c(c2)NC(=O)C3C=Nc2ccc(CN3CCCC3)cc2)c1. The van der Waals surface area contributed by atoms with Crippen molar-refractivity contribution in [2.24, 2.45) is 4.99 Å².